The van der Waals surface area contributed by atoms with Crippen molar-refractivity contribution in [2.75, 3.05) is 0 Å². The molecule has 2 nitrogen and oxygen atoms in total. The van der Waals surface area contributed by atoms with Gasteiger partial charge in [0.25, 0.3) is 0 Å². The minimum absolute atomic E-state index is 0.157. The van der Waals surface area contributed by atoms with Crippen molar-refractivity contribution in [1.82, 2.24) is 0 Å². The van der Waals surface area contributed by atoms with Crippen molar-refractivity contribution in [3.8, 4) is 0 Å². The lowest BCUT2D eigenvalue weighted by molar-refractivity contribution is 0.000915. The molecule has 0 aromatic rings. The number of aliphatic hydroxyl groups is 1. The fourth-order valence-corrected chi connectivity index (χ4v) is 3.29. The van der Waals surface area contributed by atoms with Crippen LogP contribution in [0.1, 0.15) is 59.3 Å². The predicted octanol–water partition coefficient (Wildman–Crippen LogP) is 4.12. The maximum atomic E-state index is 10.8. The second-order valence-corrected chi connectivity index (χ2v) is 6.49. The first-order chi connectivity index (χ1) is 8.88. The van der Waals surface area contributed by atoms with E-state index in [-0.39, 0.29) is 5.92 Å². The van der Waals surface area contributed by atoms with E-state index in [9.17, 15) is 5.11 Å². The van der Waals surface area contributed by atoms with Crippen molar-refractivity contribution in [3.05, 3.63) is 23.3 Å². The van der Waals surface area contributed by atoms with Crippen molar-refractivity contribution in [3.63, 3.8) is 0 Å². The molecule has 3 atom stereocenters. The van der Waals surface area contributed by atoms with Crippen LogP contribution in [-0.4, -0.2) is 16.2 Å². The van der Waals surface area contributed by atoms with Gasteiger partial charge in [-0.1, -0.05) is 49.5 Å². The Hall–Kier alpha value is -0.310. The van der Waals surface area contributed by atoms with E-state index in [1.54, 1.807) is 0 Å². The third-order valence-corrected chi connectivity index (χ3v) is 4.32. The summed E-state index contributed by atoms with van der Waals surface area (Å²) in [6, 6.07) is 0. The minimum atomic E-state index is -0.818. The third kappa shape index (κ3) is 4.94. The van der Waals surface area contributed by atoms with Crippen LogP contribution in [0, 0.1) is 5.92 Å². The van der Waals surface area contributed by atoms with E-state index in [4.69, 9.17) is 17.3 Å². The Labute approximate surface area is 122 Å². The third-order valence-electron chi connectivity index (χ3n) is 4.06. The van der Waals surface area contributed by atoms with Crippen LogP contribution in [0.15, 0.2) is 23.3 Å². The van der Waals surface area contributed by atoms with Gasteiger partial charge < -0.3 is 10.8 Å². The van der Waals surface area contributed by atoms with E-state index in [2.05, 4.69) is 26.0 Å². The number of unbranched alkanes of at least 4 members (excludes halogenated alkanes) is 2. The molecule has 0 saturated heterocycles. The van der Waals surface area contributed by atoms with Gasteiger partial charge in [-0.3, -0.25) is 0 Å². The largest absolute Gasteiger partial charge is 0.389 e. The first kappa shape index (κ1) is 16.7. The summed E-state index contributed by atoms with van der Waals surface area (Å²) in [5.74, 6) is -0.157. The molecule has 0 fully saturated rings. The standard InChI is InChI=1S/C16H28ClNO/c1-4-5-6-11-16(3,19)14(15(17)18)13-9-7-12(2)8-10-13/h7,9,14-15,19H,4-6,8,10-11,18H2,1-3H3. The number of rotatable bonds is 7. The first-order valence-corrected chi connectivity index (χ1v) is 7.80. The highest BCUT2D eigenvalue weighted by Gasteiger charge is 2.37. The Kier molecular flexibility index (Phi) is 6.58. The summed E-state index contributed by atoms with van der Waals surface area (Å²) in [6.45, 7) is 6.17. The molecule has 0 radical (unpaired) electrons. The van der Waals surface area contributed by atoms with Crippen LogP contribution in [0.3, 0.4) is 0 Å². The molecule has 19 heavy (non-hydrogen) atoms. The number of nitrogens with two attached hydrogens (primary N) is 1. The predicted molar refractivity (Wildman–Crippen MR) is 83.2 cm³/mol. The van der Waals surface area contributed by atoms with Crippen LogP contribution in [0.4, 0.5) is 0 Å². The summed E-state index contributed by atoms with van der Waals surface area (Å²) in [7, 11) is 0. The first-order valence-electron chi connectivity index (χ1n) is 7.36. The van der Waals surface area contributed by atoms with Gasteiger partial charge in [0.2, 0.25) is 0 Å². The quantitative estimate of drug-likeness (QED) is 0.420. The van der Waals surface area contributed by atoms with E-state index in [1.807, 2.05) is 6.92 Å². The van der Waals surface area contributed by atoms with Crippen molar-refractivity contribution in [2.24, 2.45) is 11.7 Å². The van der Waals surface area contributed by atoms with Gasteiger partial charge in [0.15, 0.2) is 0 Å². The van der Waals surface area contributed by atoms with Crippen LogP contribution < -0.4 is 5.73 Å². The van der Waals surface area contributed by atoms with Crippen LogP contribution in [0.5, 0.6) is 0 Å². The Balaban J connectivity index is 2.82. The highest BCUT2D eigenvalue weighted by Crippen LogP contribution is 2.37. The maximum Gasteiger partial charge on any atom is 0.0894 e. The molecule has 0 heterocycles. The summed E-state index contributed by atoms with van der Waals surface area (Å²) in [4.78, 5) is 0. The fourth-order valence-electron chi connectivity index (χ4n) is 2.85. The van der Waals surface area contributed by atoms with Gasteiger partial charge in [-0.25, -0.2) is 0 Å². The van der Waals surface area contributed by atoms with Crippen molar-refractivity contribution in [1.29, 1.82) is 0 Å². The van der Waals surface area contributed by atoms with Crippen molar-refractivity contribution < 1.29 is 5.11 Å². The molecular formula is C16H28ClNO. The second kappa shape index (κ2) is 7.47. The number of alkyl halides is 1. The van der Waals surface area contributed by atoms with E-state index < -0.39 is 11.1 Å². The summed E-state index contributed by atoms with van der Waals surface area (Å²) < 4.78 is 0. The summed E-state index contributed by atoms with van der Waals surface area (Å²) in [5.41, 5.74) is 7.15. The smallest absolute Gasteiger partial charge is 0.0894 e. The van der Waals surface area contributed by atoms with Gasteiger partial charge in [0.05, 0.1) is 11.1 Å². The molecule has 0 aliphatic heterocycles. The highest BCUT2D eigenvalue weighted by atomic mass is 35.5. The van der Waals surface area contributed by atoms with E-state index in [0.29, 0.717) is 0 Å². The molecule has 3 N–H and O–H groups in total. The number of hydrogen-bond donors (Lipinski definition) is 2. The molecule has 3 unspecified atom stereocenters. The maximum absolute atomic E-state index is 10.8. The molecule has 0 amide bonds. The number of halogens is 1. The SMILES string of the molecule is CCCCCC(C)(O)C(C1=CC=C(C)CC1)C(N)Cl. The summed E-state index contributed by atoms with van der Waals surface area (Å²) >= 11 is 6.17. The monoisotopic (exact) mass is 285 g/mol. The van der Waals surface area contributed by atoms with Crippen LogP contribution in [-0.2, 0) is 0 Å². The zero-order chi connectivity index (χ0) is 14.5. The van der Waals surface area contributed by atoms with Gasteiger partial charge >= 0.3 is 0 Å². The second-order valence-electron chi connectivity index (χ2n) is 5.99. The van der Waals surface area contributed by atoms with Crippen molar-refractivity contribution in [2.45, 2.75) is 70.4 Å². The Morgan fingerprint density at radius 1 is 1.37 bits per heavy atom. The molecule has 1 rings (SSSR count). The highest BCUT2D eigenvalue weighted by molar-refractivity contribution is 6.20. The minimum Gasteiger partial charge on any atom is -0.389 e. The Bertz CT molecular complexity index is 345. The molecule has 3 heteroatoms. The molecule has 0 spiro atoms. The topological polar surface area (TPSA) is 46.2 Å². The molecular weight excluding hydrogens is 258 g/mol. The zero-order valence-corrected chi connectivity index (χ0v) is 13.2. The molecule has 110 valence electrons. The molecule has 0 aromatic carbocycles. The lowest BCUT2D eigenvalue weighted by Gasteiger charge is -2.37. The Morgan fingerprint density at radius 2 is 2.05 bits per heavy atom. The van der Waals surface area contributed by atoms with Gasteiger partial charge in [-0.15, -0.1) is 11.6 Å². The zero-order valence-electron chi connectivity index (χ0n) is 12.5. The van der Waals surface area contributed by atoms with Crippen LogP contribution in [0.25, 0.3) is 0 Å². The van der Waals surface area contributed by atoms with E-state index in [1.165, 1.54) is 11.1 Å². The lowest BCUT2D eigenvalue weighted by atomic mass is 9.76. The average Bonchev–Trinajstić information content (AvgIpc) is 2.31. The normalized spacial score (nSPS) is 22.2. The summed E-state index contributed by atoms with van der Waals surface area (Å²) in [6.07, 6.45) is 10.3. The lowest BCUT2D eigenvalue weighted by Crippen LogP contribution is -2.44. The van der Waals surface area contributed by atoms with E-state index in [0.717, 1.165) is 38.5 Å². The number of hydrogen-bond acceptors (Lipinski definition) is 2. The molecule has 0 bridgehead atoms. The molecule has 0 saturated carbocycles. The fraction of sp³-hybridized carbons (Fsp3) is 0.750. The van der Waals surface area contributed by atoms with Gasteiger partial charge in [0, 0.05) is 5.92 Å². The van der Waals surface area contributed by atoms with E-state index >= 15 is 0 Å². The molecule has 1 aliphatic rings. The number of allylic oxidation sites excluding steroid dienone is 3. The van der Waals surface area contributed by atoms with Gasteiger partial charge in [-0.2, -0.15) is 0 Å². The Morgan fingerprint density at radius 3 is 2.53 bits per heavy atom. The average molecular weight is 286 g/mol. The van der Waals surface area contributed by atoms with Crippen LogP contribution >= 0.6 is 11.6 Å². The molecule has 0 aromatic heterocycles. The van der Waals surface area contributed by atoms with Crippen molar-refractivity contribution >= 4 is 11.6 Å². The van der Waals surface area contributed by atoms with Gasteiger partial charge in [0.1, 0.15) is 0 Å². The summed E-state index contributed by atoms with van der Waals surface area (Å²) in [5, 5.41) is 10.8. The van der Waals surface area contributed by atoms with Gasteiger partial charge in [-0.05, 0) is 33.1 Å². The van der Waals surface area contributed by atoms with Crippen LogP contribution in [0.2, 0.25) is 0 Å². The molecule has 1 aliphatic carbocycles.